The number of anilines is 1. The van der Waals surface area contributed by atoms with Crippen molar-refractivity contribution in [1.82, 2.24) is 14.9 Å². The number of aryl methyl sites for hydroxylation is 1. The van der Waals surface area contributed by atoms with Crippen molar-refractivity contribution in [2.75, 3.05) is 31.1 Å². The molecule has 1 saturated heterocycles. The second kappa shape index (κ2) is 8.71. The van der Waals surface area contributed by atoms with E-state index in [0.29, 0.717) is 18.7 Å². The number of nitrogens with zero attached hydrogens (tertiary/aromatic N) is 4. The summed E-state index contributed by atoms with van der Waals surface area (Å²) in [6.07, 6.45) is 1.81. The number of carbonyl (C=O) groups excluding carboxylic acids is 1. The third-order valence-electron chi connectivity index (χ3n) is 5.90. The van der Waals surface area contributed by atoms with Crippen LogP contribution in [0.2, 0.25) is 0 Å². The van der Waals surface area contributed by atoms with E-state index >= 15 is 0 Å². The number of halogens is 1. The lowest BCUT2D eigenvalue weighted by Crippen LogP contribution is -2.49. The van der Waals surface area contributed by atoms with Gasteiger partial charge in [0.15, 0.2) is 0 Å². The van der Waals surface area contributed by atoms with Gasteiger partial charge < -0.3 is 9.80 Å². The molecule has 4 aromatic rings. The number of benzene rings is 2. The molecule has 0 aliphatic carbocycles. The van der Waals surface area contributed by atoms with Gasteiger partial charge in [0.2, 0.25) is 0 Å². The van der Waals surface area contributed by atoms with E-state index in [-0.39, 0.29) is 5.91 Å². The molecule has 2 aromatic heterocycles. The predicted molar refractivity (Wildman–Crippen MR) is 132 cm³/mol. The molecule has 0 saturated carbocycles. The van der Waals surface area contributed by atoms with E-state index in [1.807, 2.05) is 53.6 Å². The summed E-state index contributed by atoms with van der Waals surface area (Å²) in [4.78, 5) is 27.1. The lowest BCUT2D eigenvalue weighted by atomic mass is 10.0. The van der Waals surface area contributed by atoms with E-state index in [1.54, 1.807) is 0 Å². The molecule has 6 heteroatoms. The first-order chi connectivity index (χ1) is 15.6. The van der Waals surface area contributed by atoms with E-state index in [4.69, 9.17) is 4.98 Å². The fraction of sp³-hybridized carbons (Fsp3) is 0.192. The molecular weight excluding hydrogens is 464 g/mol. The third-order valence-corrected chi connectivity index (χ3v) is 6.37. The summed E-state index contributed by atoms with van der Waals surface area (Å²) in [5.41, 5.74) is 4.59. The molecular formula is C26H23BrN4O. The summed E-state index contributed by atoms with van der Waals surface area (Å²) in [5, 5.41) is 0.894. The number of para-hydroxylation sites is 1. The molecule has 5 rings (SSSR count). The van der Waals surface area contributed by atoms with Crippen molar-refractivity contribution < 1.29 is 4.79 Å². The number of hydrogen-bond acceptors (Lipinski definition) is 4. The molecule has 0 N–H and O–H groups in total. The minimum Gasteiger partial charge on any atom is -0.353 e. The van der Waals surface area contributed by atoms with Crippen LogP contribution in [0.4, 0.5) is 5.82 Å². The summed E-state index contributed by atoms with van der Waals surface area (Å²) < 4.78 is 0.962. The number of hydrogen-bond donors (Lipinski definition) is 0. The van der Waals surface area contributed by atoms with E-state index < -0.39 is 0 Å². The van der Waals surface area contributed by atoms with Crippen molar-refractivity contribution in [2.24, 2.45) is 0 Å². The maximum absolute atomic E-state index is 13.6. The van der Waals surface area contributed by atoms with Crippen molar-refractivity contribution in [3.63, 3.8) is 0 Å². The first-order valence-corrected chi connectivity index (χ1v) is 11.5. The number of piperazine rings is 1. The largest absolute Gasteiger partial charge is 0.353 e. The normalized spacial score (nSPS) is 14.1. The summed E-state index contributed by atoms with van der Waals surface area (Å²) in [6.45, 7) is 4.90. The lowest BCUT2D eigenvalue weighted by molar-refractivity contribution is 0.0748. The standard InChI is InChI=1S/C26H23BrN4O/c1-18-6-8-19(9-7-18)24-16-22(21-4-2-3-5-23(21)29-24)26(32)31-14-12-30(13-15-31)25-11-10-20(27)17-28-25/h2-11,16-17H,12-15H2,1H3. The molecule has 5 nitrogen and oxygen atoms in total. The quantitative estimate of drug-likeness (QED) is 0.392. The molecule has 0 spiro atoms. The minimum absolute atomic E-state index is 0.0559. The van der Waals surface area contributed by atoms with Crippen LogP contribution in [0.3, 0.4) is 0 Å². The molecule has 0 atom stereocenters. The smallest absolute Gasteiger partial charge is 0.254 e. The van der Waals surface area contributed by atoms with Gasteiger partial charge in [-0.25, -0.2) is 9.97 Å². The molecule has 0 bridgehead atoms. The average molecular weight is 487 g/mol. The first-order valence-electron chi connectivity index (χ1n) is 10.7. The topological polar surface area (TPSA) is 49.3 Å². The second-order valence-electron chi connectivity index (χ2n) is 8.05. The van der Waals surface area contributed by atoms with Crippen molar-refractivity contribution in [3.05, 3.63) is 88.5 Å². The predicted octanol–water partition coefficient (Wildman–Crippen LogP) is 5.33. The zero-order valence-electron chi connectivity index (χ0n) is 17.8. The molecule has 1 aliphatic heterocycles. The second-order valence-corrected chi connectivity index (χ2v) is 8.97. The van der Waals surface area contributed by atoms with Crippen molar-refractivity contribution in [2.45, 2.75) is 6.92 Å². The molecule has 1 amide bonds. The Morgan fingerprint density at radius 1 is 0.938 bits per heavy atom. The highest BCUT2D eigenvalue weighted by Gasteiger charge is 2.25. The number of aromatic nitrogens is 2. The van der Waals surface area contributed by atoms with E-state index in [0.717, 1.165) is 45.5 Å². The molecule has 2 aromatic carbocycles. The maximum atomic E-state index is 13.6. The van der Waals surface area contributed by atoms with E-state index in [1.165, 1.54) is 5.56 Å². The Morgan fingerprint density at radius 3 is 2.41 bits per heavy atom. The minimum atomic E-state index is 0.0559. The Labute approximate surface area is 195 Å². The van der Waals surface area contributed by atoms with Crippen molar-refractivity contribution in [3.8, 4) is 11.3 Å². The molecule has 32 heavy (non-hydrogen) atoms. The molecule has 160 valence electrons. The average Bonchev–Trinajstić information content (AvgIpc) is 2.84. The van der Waals surface area contributed by atoms with Gasteiger partial charge in [0, 0.05) is 47.8 Å². The van der Waals surface area contributed by atoms with Crippen LogP contribution in [-0.2, 0) is 0 Å². The Balaban J connectivity index is 1.43. The number of fused-ring (bicyclic) bond motifs is 1. The van der Waals surface area contributed by atoms with Gasteiger partial charge in [-0.3, -0.25) is 4.79 Å². The van der Waals surface area contributed by atoms with Crippen LogP contribution in [0.1, 0.15) is 15.9 Å². The maximum Gasteiger partial charge on any atom is 0.254 e. The van der Waals surface area contributed by atoms with Crippen LogP contribution in [0.5, 0.6) is 0 Å². The molecule has 0 unspecified atom stereocenters. The summed E-state index contributed by atoms with van der Waals surface area (Å²) in [7, 11) is 0. The Hall–Kier alpha value is -3.25. The van der Waals surface area contributed by atoms with E-state index in [2.05, 4.69) is 57.0 Å². The van der Waals surface area contributed by atoms with Gasteiger partial charge in [0.25, 0.3) is 5.91 Å². The van der Waals surface area contributed by atoms with Crippen molar-refractivity contribution >= 4 is 38.6 Å². The van der Waals surface area contributed by atoms with Crippen LogP contribution in [0.15, 0.2) is 77.4 Å². The van der Waals surface area contributed by atoms with Crippen LogP contribution in [0, 0.1) is 6.92 Å². The fourth-order valence-corrected chi connectivity index (χ4v) is 4.32. The Bertz CT molecular complexity index is 1260. The molecule has 0 radical (unpaired) electrons. The number of pyridine rings is 2. The monoisotopic (exact) mass is 486 g/mol. The highest BCUT2D eigenvalue weighted by atomic mass is 79.9. The summed E-state index contributed by atoms with van der Waals surface area (Å²) in [6, 6.07) is 22.1. The van der Waals surface area contributed by atoms with Gasteiger partial charge in [-0.2, -0.15) is 0 Å². The number of carbonyl (C=O) groups is 1. The summed E-state index contributed by atoms with van der Waals surface area (Å²) in [5.74, 6) is 0.997. The highest BCUT2D eigenvalue weighted by molar-refractivity contribution is 9.10. The third kappa shape index (κ3) is 4.10. The lowest BCUT2D eigenvalue weighted by Gasteiger charge is -2.35. The van der Waals surface area contributed by atoms with Crippen LogP contribution in [-0.4, -0.2) is 47.0 Å². The van der Waals surface area contributed by atoms with Gasteiger partial charge in [0.1, 0.15) is 5.82 Å². The Kier molecular flexibility index (Phi) is 5.62. The number of rotatable bonds is 3. The van der Waals surface area contributed by atoms with Gasteiger partial charge in [-0.05, 0) is 47.1 Å². The molecule has 1 aliphatic rings. The summed E-state index contributed by atoms with van der Waals surface area (Å²) >= 11 is 3.43. The molecule has 1 fully saturated rings. The fourth-order valence-electron chi connectivity index (χ4n) is 4.09. The number of amides is 1. The first kappa shape index (κ1) is 20.6. The van der Waals surface area contributed by atoms with Crippen molar-refractivity contribution in [1.29, 1.82) is 0 Å². The Morgan fingerprint density at radius 2 is 1.69 bits per heavy atom. The van der Waals surface area contributed by atoms with E-state index in [9.17, 15) is 4.79 Å². The van der Waals surface area contributed by atoms with Crippen LogP contribution in [0.25, 0.3) is 22.2 Å². The SMILES string of the molecule is Cc1ccc(-c2cc(C(=O)N3CCN(c4ccc(Br)cn4)CC3)c3ccccc3n2)cc1. The van der Waals surface area contributed by atoms with Crippen LogP contribution < -0.4 is 4.90 Å². The van der Waals surface area contributed by atoms with Gasteiger partial charge in [-0.15, -0.1) is 0 Å². The van der Waals surface area contributed by atoms with Crippen LogP contribution >= 0.6 is 15.9 Å². The highest BCUT2D eigenvalue weighted by Crippen LogP contribution is 2.27. The zero-order valence-corrected chi connectivity index (χ0v) is 19.4. The van der Waals surface area contributed by atoms with Gasteiger partial charge in [-0.1, -0.05) is 48.0 Å². The molecule has 3 heterocycles. The zero-order chi connectivity index (χ0) is 22.1. The van der Waals surface area contributed by atoms with Gasteiger partial charge in [0.05, 0.1) is 16.8 Å². The van der Waals surface area contributed by atoms with Gasteiger partial charge >= 0.3 is 0 Å².